The number of hydrogen-bond donors (Lipinski definition) is 3. The normalized spacial score (nSPS) is 24.5. The Morgan fingerprint density at radius 3 is 2.91 bits per heavy atom. The van der Waals surface area contributed by atoms with E-state index < -0.39 is 5.60 Å². The molecule has 0 aliphatic heterocycles. The number of carbonyl (C=O) groups excluding carboxylic acids is 1. The van der Waals surface area contributed by atoms with E-state index in [1.54, 1.807) is 31.0 Å². The highest BCUT2D eigenvalue weighted by atomic mass is 16.3. The summed E-state index contributed by atoms with van der Waals surface area (Å²) in [6.45, 7) is 4.82. The molecule has 6 nitrogen and oxygen atoms in total. The second-order valence-corrected chi connectivity index (χ2v) is 6.88. The maximum atomic E-state index is 11.9. The Bertz CT molecular complexity index is 498. The van der Waals surface area contributed by atoms with Gasteiger partial charge in [0.05, 0.1) is 12.7 Å². The molecule has 22 heavy (non-hydrogen) atoms. The summed E-state index contributed by atoms with van der Waals surface area (Å²) in [5, 5.41) is 20.1. The first-order chi connectivity index (χ1) is 10.4. The smallest absolute Gasteiger partial charge is 0.314 e. The molecule has 1 aromatic rings. The maximum Gasteiger partial charge on any atom is 0.314 e. The van der Waals surface area contributed by atoms with E-state index in [2.05, 4.69) is 22.7 Å². The molecule has 1 heterocycles. The molecule has 0 aromatic carbocycles. The van der Waals surface area contributed by atoms with Crippen molar-refractivity contribution in [1.29, 1.82) is 0 Å². The second-order valence-electron chi connectivity index (χ2n) is 6.88. The van der Waals surface area contributed by atoms with Crippen LogP contribution in [0.2, 0.25) is 0 Å². The van der Waals surface area contributed by atoms with Gasteiger partial charge in [-0.3, -0.25) is 4.68 Å². The lowest BCUT2D eigenvalue weighted by Gasteiger charge is -2.27. The fourth-order valence-corrected chi connectivity index (χ4v) is 3.10. The van der Waals surface area contributed by atoms with Crippen molar-refractivity contribution in [1.82, 2.24) is 20.4 Å². The first kappa shape index (κ1) is 16.8. The van der Waals surface area contributed by atoms with Gasteiger partial charge in [-0.05, 0) is 31.6 Å². The van der Waals surface area contributed by atoms with Gasteiger partial charge in [0.15, 0.2) is 0 Å². The molecule has 3 N–H and O–H groups in total. The summed E-state index contributed by atoms with van der Waals surface area (Å²) in [6.07, 6.45) is 8.30. The van der Waals surface area contributed by atoms with Crippen LogP contribution in [-0.4, -0.2) is 34.0 Å². The van der Waals surface area contributed by atoms with Gasteiger partial charge < -0.3 is 15.7 Å². The molecule has 1 fully saturated rings. The zero-order valence-corrected chi connectivity index (χ0v) is 13.8. The van der Waals surface area contributed by atoms with Crippen LogP contribution in [-0.2, 0) is 12.6 Å². The summed E-state index contributed by atoms with van der Waals surface area (Å²) < 4.78 is 1.63. The lowest BCUT2D eigenvalue weighted by molar-refractivity contribution is 0.0592. The quantitative estimate of drug-likeness (QED) is 0.775. The van der Waals surface area contributed by atoms with E-state index in [1.807, 2.05) is 0 Å². The van der Waals surface area contributed by atoms with Gasteiger partial charge in [0.1, 0.15) is 5.60 Å². The fraction of sp³-hybridized carbons (Fsp3) is 0.750. The molecule has 0 radical (unpaired) electrons. The highest BCUT2D eigenvalue weighted by Gasteiger charge is 2.25. The summed E-state index contributed by atoms with van der Waals surface area (Å²) in [5.74, 6) is 1.34. The molecule has 1 aromatic heterocycles. The van der Waals surface area contributed by atoms with Crippen molar-refractivity contribution in [2.75, 3.05) is 13.1 Å². The molecule has 0 saturated heterocycles. The van der Waals surface area contributed by atoms with E-state index in [0.717, 1.165) is 5.92 Å². The van der Waals surface area contributed by atoms with Crippen LogP contribution in [0.15, 0.2) is 12.4 Å². The van der Waals surface area contributed by atoms with Crippen LogP contribution >= 0.6 is 0 Å². The molecular formula is C16H28N4O2. The van der Waals surface area contributed by atoms with Gasteiger partial charge in [0, 0.05) is 25.4 Å². The Morgan fingerprint density at radius 2 is 2.27 bits per heavy atom. The fourth-order valence-electron chi connectivity index (χ4n) is 3.10. The number of hydrogen-bond acceptors (Lipinski definition) is 3. The molecule has 2 rings (SSSR count). The van der Waals surface area contributed by atoms with Gasteiger partial charge in [-0.2, -0.15) is 5.10 Å². The summed E-state index contributed by atoms with van der Waals surface area (Å²) in [6, 6.07) is -0.220. The molecule has 1 aliphatic carbocycles. The Hall–Kier alpha value is -1.56. The molecule has 3 unspecified atom stereocenters. The number of carbonyl (C=O) groups is 1. The Balaban J connectivity index is 1.73. The number of nitrogens with one attached hydrogen (secondary N) is 2. The predicted octanol–water partition coefficient (Wildman–Crippen LogP) is 1.75. The Morgan fingerprint density at radius 1 is 1.50 bits per heavy atom. The molecule has 0 spiro atoms. The average molecular weight is 308 g/mol. The summed E-state index contributed by atoms with van der Waals surface area (Å²) in [7, 11) is 1.80. The molecule has 6 heteroatoms. The molecule has 124 valence electrons. The highest BCUT2D eigenvalue weighted by Crippen LogP contribution is 2.27. The van der Waals surface area contributed by atoms with Gasteiger partial charge in [0.2, 0.25) is 0 Å². The van der Waals surface area contributed by atoms with E-state index in [0.29, 0.717) is 18.0 Å². The Labute approximate surface area is 132 Å². The highest BCUT2D eigenvalue weighted by molar-refractivity contribution is 5.73. The first-order valence-corrected chi connectivity index (χ1v) is 8.10. The van der Waals surface area contributed by atoms with Crippen LogP contribution in [0, 0.1) is 11.8 Å². The monoisotopic (exact) mass is 308 g/mol. The first-order valence-electron chi connectivity index (χ1n) is 8.10. The van der Waals surface area contributed by atoms with Gasteiger partial charge in [0.25, 0.3) is 0 Å². The summed E-state index contributed by atoms with van der Waals surface area (Å²) >= 11 is 0. The van der Waals surface area contributed by atoms with Crippen molar-refractivity contribution in [3.63, 3.8) is 0 Å². The minimum absolute atomic E-state index is 0.158. The molecular weight excluding hydrogens is 280 g/mol. The van der Waals surface area contributed by atoms with E-state index in [4.69, 9.17) is 0 Å². The van der Waals surface area contributed by atoms with Gasteiger partial charge >= 0.3 is 6.03 Å². The number of aryl methyl sites for hydroxylation is 1. The number of aromatic nitrogens is 2. The zero-order valence-electron chi connectivity index (χ0n) is 13.8. The SMILES string of the molecule is CC1CCCC(CNC(=O)NCC(C)(O)c2cnn(C)c2)C1. The van der Waals surface area contributed by atoms with Crippen molar-refractivity contribution in [2.45, 2.75) is 45.1 Å². The van der Waals surface area contributed by atoms with E-state index in [9.17, 15) is 9.90 Å². The standard InChI is InChI=1S/C16H28N4O2/c1-12-5-4-6-13(7-12)8-17-15(21)18-11-16(2,22)14-9-19-20(3)10-14/h9-10,12-13,22H,4-8,11H2,1-3H3,(H2,17,18,21). The third-order valence-electron chi connectivity index (χ3n) is 4.52. The third-order valence-corrected chi connectivity index (χ3v) is 4.52. The average Bonchev–Trinajstić information content (AvgIpc) is 2.91. The second kappa shape index (κ2) is 7.13. The van der Waals surface area contributed by atoms with Crippen molar-refractivity contribution < 1.29 is 9.90 Å². The van der Waals surface area contributed by atoms with Crippen LogP contribution in [0.25, 0.3) is 0 Å². The van der Waals surface area contributed by atoms with Crippen LogP contribution in [0.4, 0.5) is 4.79 Å². The van der Waals surface area contributed by atoms with Gasteiger partial charge in [-0.25, -0.2) is 4.79 Å². The molecule has 0 bridgehead atoms. The molecule has 2 amide bonds. The number of rotatable bonds is 5. The molecule has 3 atom stereocenters. The minimum Gasteiger partial charge on any atom is -0.383 e. The van der Waals surface area contributed by atoms with Crippen molar-refractivity contribution in [3.8, 4) is 0 Å². The lowest BCUT2D eigenvalue weighted by Crippen LogP contribution is -2.44. The van der Waals surface area contributed by atoms with Crippen molar-refractivity contribution in [2.24, 2.45) is 18.9 Å². The van der Waals surface area contributed by atoms with Crippen LogP contribution in [0.3, 0.4) is 0 Å². The van der Waals surface area contributed by atoms with E-state index >= 15 is 0 Å². The topological polar surface area (TPSA) is 79.2 Å². The lowest BCUT2D eigenvalue weighted by atomic mass is 9.82. The molecule has 1 saturated carbocycles. The number of amides is 2. The van der Waals surface area contributed by atoms with Crippen molar-refractivity contribution >= 4 is 6.03 Å². The number of urea groups is 1. The minimum atomic E-state index is -1.12. The number of nitrogens with zero attached hydrogens (tertiary/aromatic N) is 2. The maximum absolute atomic E-state index is 11.9. The third kappa shape index (κ3) is 4.73. The summed E-state index contributed by atoms with van der Waals surface area (Å²) in [5.41, 5.74) is -0.429. The predicted molar refractivity (Wildman–Crippen MR) is 85.3 cm³/mol. The molecule has 1 aliphatic rings. The van der Waals surface area contributed by atoms with Gasteiger partial charge in [-0.15, -0.1) is 0 Å². The van der Waals surface area contributed by atoms with E-state index in [1.165, 1.54) is 25.7 Å². The van der Waals surface area contributed by atoms with E-state index in [-0.39, 0.29) is 12.6 Å². The largest absolute Gasteiger partial charge is 0.383 e. The zero-order chi connectivity index (χ0) is 16.2. The van der Waals surface area contributed by atoms with Gasteiger partial charge in [-0.1, -0.05) is 19.8 Å². The van der Waals surface area contributed by atoms with Crippen LogP contribution in [0.1, 0.15) is 45.1 Å². The number of aliphatic hydroxyl groups is 1. The van der Waals surface area contributed by atoms with Crippen LogP contribution < -0.4 is 10.6 Å². The van der Waals surface area contributed by atoms with Crippen molar-refractivity contribution in [3.05, 3.63) is 18.0 Å². The Kier molecular flexibility index (Phi) is 5.45. The summed E-state index contributed by atoms with van der Waals surface area (Å²) in [4.78, 5) is 11.9. The van der Waals surface area contributed by atoms with Crippen LogP contribution in [0.5, 0.6) is 0 Å².